The van der Waals surface area contributed by atoms with Crippen molar-refractivity contribution in [2.24, 2.45) is 0 Å². The number of nitrogens with one attached hydrogen (secondary N) is 1. The first-order valence-corrected chi connectivity index (χ1v) is 11.6. The number of nitrogens with zero attached hydrogens (tertiary/aromatic N) is 3. The minimum Gasteiger partial charge on any atom is -0.323 e. The molecular weight excluding hydrogens is 460 g/mol. The van der Waals surface area contributed by atoms with E-state index in [0.717, 1.165) is 28.6 Å². The molecule has 3 aromatic rings. The van der Waals surface area contributed by atoms with Crippen LogP contribution in [0.3, 0.4) is 0 Å². The molecule has 0 radical (unpaired) electrons. The first kappa shape index (κ1) is 22.8. The fourth-order valence-electron chi connectivity index (χ4n) is 3.37. The van der Waals surface area contributed by atoms with Gasteiger partial charge in [-0.3, -0.25) is 19.3 Å². The van der Waals surface area contributed by atoms with Crippen molar-refractivity contribution in [2.45, 2.75) is 20.0 Å². The topological polar surface area (TPSA) is 84.3 Å². The molecule has 4 rings (SSSR count). The molecule has 0 spiro atoms. The third-order valence-electron chi connectivity index (χ3n) is 5.09. The normalized spacial score (nSPS) is 13.8. The smallest absolute Gasteiger partial charge is 0.289 e. The zero-order valence-electron chi connectivity index (χ0n) is 17.8. The summed E-state index contributed by atoms with van der Waals surface area (Å²) in [7, 11) is 0. The van der Waals surface area contributed by atoms with Crippen LogP contribution in [0.15, 0.2) is 60.7 Å². The summed E-state index contributed by atoms with van der Waals surface area (Å²) in [6, 6.07) is 16.9. The first-order chi connectivity index (χ1) is 15.9. The SMILES string of the molecule is Cc1nn(Cc2ccccc2)c(Cl)c1/C=C/C(=O)Nc1ccc(CN2C(=O)CSC2=O)cc1. The van der Waals surface area contributed by atoms with Crippen molar-refractivity contribution in [3.63, 3.8) is 0 Å². The number of benzene rings is 2. The molecule has 3 amide bonds. The minimum atomic E-state index is -0.310. The van der Waals surface area contributed by atoms with E-state index in [-0.39, 0.29) is 29.4 Å². The average Bonchev–Trinajstić information content (AvgIpc) is 3.26. The largest absolute Gasteiger partial charge is 0.323 e. The number of rotatable bonds is 7. The summed E-state index contributed by atoms with van der Waals surface area (Å²) in [6.45, 7) is 2.61. The van der Waals surface area contributed by atoms with E-state index in [0.29, 0.717) is 22.9 Å². The van der Waals surface area contributed by atoms with Gasteiger partial charge in [-0.05, 0) is 36.3 Å². The van der Waals surface area contributed by atoms with Gasteiger partial charge < -0.3 is 5.32 Å². The van der Waals surface area contributed by atoms with Crippen molar-refractivity contribution in [3.05, 3.63) is 88.2 Å². The predicted molar refractivity (Wildman–Crippen MR) is 130 cm³/mol. The molecule has 0 bridgehead atoms. The van der Waals surface area contributed by atoms with Crippen LogP contribution in [0.25, 0.3) is 6.08 Å². The van der Waals surface area contributed by atoms with Crippen LogP contribution >= 0.6 is 23.4 Å². The Kier molecular flexibility index (Phi) is 6.96. The molecule has 1 N–H and O–H groups in total. The van der Waals surface area contributed by atoms with Gasteiger partial charge in [0.1, 0.15) is 5.15 Å². The molecule has 0 saturated carbocycles. The van der Waals surface area contributed by atoms with E-state index in [1.54, 1.807) is 35.0 Å². The lowest BCUT2D eigenvalue weighted by Crippen LogP contribution is -2.27. The number of imide groups is 1. The van der Waals surface area contributed by atoms with Gasteiger partial charge in [0.15, 0.2) is 0 Å². The number of aromatic nitrogens is 2. The number of amides is 3. The molecule has 1 fully saturated rings. The number of hydrogen-bond donors (Lipinski definition) is 1. The third kappa shape index (κ3) is 5.53. The van der Waals surface area contributed by atoms with E-state index >= 15 is 0 Å². The monoisotopic (exact) mass is 480 g/mol. The number of hydrogen-bond acceptors (Lipinski definition) is 5. The quantitative estimate of drug-likeness (QED) is 0.494. The molecule has 1 saturated heterocycles. The van der Waals surface area contributed by atoms with E-state index in [2.05, 4.69) is 10.4 Å². The van der Waals surface area contributed by atoms with Gasteiger partial charge in [-0.15, -0.1) is 0 Å². The molecule has 168 valence electrons. The summed E-state index contributed by atoms with van der Waals surface area (Å²) in [5.41, 5.74) is 3.91. The lowest BCUT2D eigenvalue weighted by molar-refractivity contribution is -0.125. The van der Waals surface area contributed by atoms with Crippen LogP contribution in [0.2, 0.25) is 5.15 Å². The molecule has 1 aromatic heterocycles. The summed E-state index contributed by atoms with van der Waals surface area (Å²) >= 11 is 7.50. The zero-order chi connectivity index (χ0) is 23.4. The highest BCUT2D eigenvalue weighted by Gasteiger charge is 2.29. The van der Waals surface area contributed by atoms with Crippen LogP contribution in [0, 0.1) is 6.92 Å². The van der Waals surface area contributed by atoms with Gasteiger partial charge in [0.25, 0.3) is 5.24 Å². The molecule has 0 atom stereocenters. The Labute approximate surface area is 200 Å². The molecular formula is C24H21ClN4O3S. The van der Waals surface area contributed by atoms with Gasteiger partial charge in [0, 0.05) is 17.3 Å². The number of carbonyl (C=O) groups excluding carboxylic acids is 3. The van der Waals surface area contributed by atoms with Crippen molar-refractivity contribution in [1.82, 2.24) is 14.7 Å². The second-order valence-electron chi connectivity index (χ2n) is 7.49. The van der Waals surface area contributed by atoms with Crippen LogP contribution in [0.5, 0.6) is 0 Å². The maximum absolute atomic E-state index is 12.4. The molecule has 1 aliphatic rings. The van der Waals surface area contributed by atoms with E-state index in [9.17, 15) is 14.4 Å². The molecule has 0 aliphatic carbocycles. The second kappa shape index (κ2) is 10.1. The summed E-state index contributed by atoms with van der Waals surface area (Å²) in [5.74, 6) is -0.308. The fraction of sp³-hybridized carbons (Fsp3) is 0.167. The van der Waals surface area contributed by atoms with Crippen LogP contribution in [0.4, 0.5) is 10.5 Å². The van der Waals surface area contributed by atoms with Gasteiger partial charge in [0.05, 0.1) is 24.5 Å². The van der Waals surface area contributed by atoms with Crippen molar-refractivity contribution in [1.29, 1.82) is 0 Å². The highest BCUT2D eigenvalue weighted by atomic mass is 35.5. The Morgan fingerprint density at radius 3 is 2.45 bits per heavy atom. The highest BCUT2D eigenvalue weighted by Crippen LogP contribution is 2.23. The minimum absolute atomic E-state index is 0.187. The van der Waals surface area contributed by atoms with Crippen molar-refractivity contribution in [2.75, 3.05) is 11.1 Å². The van der Waals surface area contributed by atoms with Gasteiger partial charge in [-0.1, -0.05) is 65.8 Å². The van der Waals surface area contributed by atoms with Crippen molar-refractivity contribution >= 4 is 52.2 Å². The Morgan fingerprint density at radius 2 is 1.79 bits per heavy atom. The summed E-state index contributed by atoms with van der Waals surface area (Å²) in [6.07, 6.45) is 3.06. The highest BCUT2D eigenvalue weighted by molar-refractivity contribution is 8.14. The lowest BCUT2D eigenvalue weighted by atomic mass is 10.2. The van der Waals surface area contributed by atoms with E-state index < -0.39 is 0 Å². The molecule has 2 heterocycles. The molecule has 2 aromatic carbocycles. The zero-order valence-corrected chi connectivity index (χ0v) is 19.4. The standard InChI is InChI=1S/C24H21ClN4O3S/c1-16-20(23(25)29(27-16)14-17-5-3-2-4-6-17)11-12-21(30)26-19-9-7-18(8-10-19)13-28-22(31)15-33-24(28)32/h2-12H,13-15H2,1H3,(H,26,30)/b12-11+. The van der Waals surface area contributed by atoms with Crippen molar-refractivity contribution < 1.29 is 14.4 Å². The number of thioether (sulfide) groups is 1. The van der Waals surface area contributed by atoms with E-state index in [1.165, 1.54) is 11.0 Å². The maximum Gasteiger partial charge on any atom is 0.289 e. The number of halogens is 1. The van der Waals surface area contributed by atoms with Crippen LogP contribution in [0.1, 0.15) is 22.4 Å². The van der Waals surface area contributed by atoms with Crippen LogP contribution < -0.4 is 5.32 Å². The molecule has 0 unspecified atom stereocenters. The summed E-state index contributed by atoms with van der Waals surface area (Å²) < 4.78 is 1.71. The number of anilines is 1. The first-order valence-electron chi connectivity index (χ1n) is 10.2. The van der Waals surface area contributed by atoms with Gasteiger partial charge in [-0.2, -0.15) is 5.10 Å². The Morgan fingerprint density at radius 1 is 1.09 bits per heavy atom. The van der Waals surface area contributed by atoms with E-state index in [4.69, 9.17) is 11.6 Å². The Bertz CT molecular complexity index is 1210. The van der Waals surface area contributed by atoms with Crippen molar-refractivity contribution in [3.8, 4) is 0 Å². The van der Waals surface area contributed by atoms with Gasteiger partial charge >= 0.3 is 0 Å². The fourth-order valence-corrected chi connectivity index (χ4v) is 4.39. The van der Waals surface area contributed by atoms with Gasteiger partial charge in [0.2, 0.25) is 11.8 Å². The van der Waals surface area contributed by atoms with Crippen LogP contribution in [-0.2, 0) is 22.7 Å². The molecule has 9 heteroatoms. The lowest BCUT2D eigenvalue weighted by Gasteiger charge is -2.13. The predicted octanol–water partition coefficient (Wildman–Crippen LogP) is 4.74. The summed E-state index contributed by atoms with van der Waals surface area (Å²) in [5, 5.41) is 7.50. The Balaban J connectivity index is 1.37. The average molecular weight is 481 g/mol. The molecule has 1 aliphatic heterocycles. The number of aryl methyl sites for hydroxylation is 1. The maximum atomic E-state index is 12.4. The Hall–Kier alpha value is -3.36. The summed E-state index contributed by atoms with van der Waals surface area (Å²) in [4.78, 5) is 37.1. The van der Waals surface area contributed by atoms with E-state index in [1.807, 2.05) is 37.3 Å². The third-order valence-corrected chi connectivity index (χ3v) is 6.35. The second-order valence-corrected chi connectivity index (χ2v) is 8.77. The molecule has 7 nitrogen and oxygen atoms in total. The molecule has 33 heavy (non-hydrogen) atoms. The van der Waals surface area contributed by atoms with Crippen LogP contribution in [-0.4, -0.2) is 37.5 Å². The number of carbonyl (C=O) groups is 3. The van der Waals surface area contributed by atoms with Gasteiger partial charge in [-0.25, -0.2) is 4.68 Å².